The van der Waals surface area contributed by atoms with Crippen LogP contribution < -0.4 is 14.2 Å². The molecule has 0 radical (unpaired) electrons. The number of carbonyl (C=O) groups is 2. The maximum atomic E-state index is 13.8. The highest BCUT2D eigenvalue weighted by molar-refractivity contribution is 6.21. The van der Waals surface area contributed by atoms with Crippen LogP contribution in [0, 0.1) is 10.1 Å². The minimum absolute atomic E-state index is 0.0367. The van der Waals surface area contributed by atoms with Crippen LogP contribution in [0.1, 0.15) is 31.8 Å². The second-order valence-corrected chi connectivity index (χ2v) is 11.8. The van der Waals surface area contributed by atoms with Crippen molar-refractivity contribution in [2.24, 2.45) is 0 Å². The van der Waals surface area contributed by atoms with Gasteiger partial charge in [0.25, 0.3) is 11.8 Å². The van der Waals surface area contributed by atoms with E-state index in [1.807, 2.05) is 30.3 Å². The van der Waals surface area contributed by atoms with Crippen LogP contribution in [0.2, 0.25) is 0 Å². The molecule has 4 aromatic carbocycles. The molecule has 6 rings (SSSR count). The number of ether oxygens (including phenoxy) is 6. The van der Waals surface area contributed by atoms with Crippen molar-refractivity contribution < 1.29 is 48.0 Å². The average Bonchev–Trinajstić information content (AvgIpc) is 3.40. The van der Waals surface area contributed by atoms with Gasteiger partial charge in [-0.05, 0) is 53.6 Å². The van der Waals surface area contributed by atoms with Crippen LogP contribution in [0.3, 0.4) is 0 Å². The maximum Gasteiger partial charge on any atom is 0.311 e. The van der Waals surface area contributed by atoms with E-state index < -0.39 is 47.4 Å². The minimum Gasteiger partial charge on any atom is -0.497 e. The fraction of sp³-hybridized carbons (Fsp3) is 0.263. The summed E-state index contributed by atoms with van der Waals surface area (Å²) in [5.74, 6) is -0.151. The molecule has 13 nitrogen and oxygen atoms in total. The lowest BCUT2D eigenvalue weighted by Crippen LogP contribution is -2.67. The molecule has 0 aliphatic carbocycles. The molecule has 0 spiro atoms. The van der Waals surface area contributed by atoms with Gasteiger partial charge in [-0.15, -0.1) is 0 Å². The summed E-state index contributed by atoms with van der Waals surface area (Å²) in [4.78, 5) is 39.9. The molecule has 1 fully saturated rings. The average molecular weight is 697 g/mol. The van der Waals surface area contributed by atoms with Gasteiger partial charge in [0, 0.05) is 6.07 Å². The first-order valence-electron chi connectivity index (χ1n) is 16.1. The Hall–Kier alpha value is -5.60. The van der Waals surface area contributed by atoms with Crippen molar-refractivity contribution in [3.63, 3.8) is 0 Å². The number of aliphatic hydroxyl groups excluding tert-OH is 1. The molecule has 0 bridgehead atoms. The quantitative estimate of drug-likeness (QED) is 0.0764. The Morgan fingerprint density at radius 1 is 0.902 bits per heavy atom. The van der Waals surface area contributed by atoms with E-state index in [1.165, 1.54) is 25.3 Å². The maximum absolute atomic E-state index is 13.8. The number of amides is 2. The first kappa shape index (κ1) is 35.2. The second-order valence-electron chi connectivity index (χ2n) is 11.8. The van der Waals surface area contributed by atoms with Crippen LogP contribution in [-0.2, 0) is 27.4 Å². The molecule has 4 aromatic rings. The number of fused-ring (bicyclic) bond motifs is 1. The van der Waals surface area contributed by atoms with E-state index in [0.29, 0.717) is 17.1 Å². The van der Waals surface area contributed by atoms with Gasteiger partial charge in [-0.1, -0.05) is 61.2 Å². The molecule has 1 N–H and O–H groups in total. The fourth-order valence-corrected chi connectivity index (χ4v) is 6.00. The Bertz CT molecular complexity index is 1830. The van der Waals surface area contributed by atoms with Crippen molar-refractivity contribution in [3.05, 3.63) is 142 Å². The van der Waals surface area contributed by atoms with Gasteiger partial charge in [-0.3, -0.25) is 24.6 Å². The second kappa shape index (κ2) is 16.0. The summed E-state index contributed by atoms with van der Waals surface area (Å²) < 4.78 is 35.6. The highest BCUT2D eigenvalue weighted by atomic mass is 16.7. The number of hydrogen-bond acceptors (Lipinski definition) is 11. The number of benzene rings is 4. The molecule has 51 heavy (non-hydrogen) atoms. The zero-order chi connectivity index (χ0) is 35.9. The fourth-order valence-electron chi connectivity index (χ4n) is 6.00. The molecule has 2 aliphatic heterocycles. The van der Waals surface area contributed by atoms with Crippen LogP contribution in [-0.4, -0.2) is 77.7 Å². The summed E-state index contributed by atoms with van der Waals surface area (Å²) in [6.07, 6.45) is -3.52. The van der Waals surface area contributed by atoms with Crippen LogP contribution in [0.5, 0.6) is 17.2 Å². The third-order valence-corrected chi connectivity index (χ3v) is 8.49. The number of nitro benzene ring substituents is 1. The molecule has 0 unspecified atom stereocenters. The van der Waals surface area contributed by atoms with Gasteiger partial charge in [0.05, 0.1) is 43.0 Å². The van der Waals surface area contributed by atoms with Gasteiger partial charge in [0.1, 0.15) is 42.5 Å². The summed E-state index contributed by atoms with van der Waals surface area (Å²) in [5.41, 5.74) is 1.45. The predicted octanol–water partition coefficient (Wildman–Crippen LogP) is 5.10. The van der Waals surface area contributed by atoms with E-state index in [-0.39, 0.29) is 49.0 Å². The van der Waals surface area contributed by atoms with Crippen LogP contribution in [0.25, 0.3) is 0 Å². The summed E-state index contributed by atoms with van der Waals surface area (Å²) in [6.45, 7) is 3.43. The molecular formula is C38H36N2O11. The standard InChI is InChI=1S/C38H36N2O11/c1-3-19-48-31-18-13-25(20-30(31)40(44)45)21-47-23-32-34(41)35(49-22-24-9-5-4-6-10-24)33(38(51-32)50-27-16-14-26(46-2)15-17-27)39-36(42)28-11-7-8-12-29(28)37(39)43/h3-18,20,32-35,38,41H,1,19,21-23H2,2H3/t32-,33-,34-,35-,38-/m1/s1. The lowest BCUT2D eigenvalue weighted by Gasteiger charge is -2.46. The number of imide groups is 1. The van der Waals surface area contributed by atoms with E-state index in [1.54, 1.807) is 54.6 Å². The summed E-state index contributed by atoms with van der Waals surface area (Å²) >= 11 is 0. The lowest BCUT2D eigenvalue weighted by molar-refractivity contribution is -0.385. The normalized spacial score (nSPS) is 21.2. The number of rotatable bonds is 15. The number of carbonyl (C=O) groups excluding carboxylic acids is 2. The van der Waals surface area contributed by atoms with Crippen molar-refractivity contribution >= 4 is 17.5 Å². The third kappa shape index (κ3) is 7.76. The Balaban J connectivity index is 1.30. The molecule has 0 aromatic heterocycles. The predicted molar refractivity (Wildman–Crippen MR) is 182 cm³/mol. The number of nitro groups is 1. The monoisotopic (exact) mass is 696 g/mol. The first-order valence-corrected chi connectivity index (χ1v) is 16.1. The summed E-state index contributed by atoms with van der Waals surface area (Å²) in [7, 11) is 1.53. The highest BCUT2D eigenvalue weighted by Crippen LogP contribution is 2.36. The molecular weight excluding hydrogens is 660 g/mol. The zero-order valence-electron chi connectivity index (χ0n) is 27.7. The lowest BCUT2D eigenvalue weighted by atomic mass is 9.95. The van der Waals surface area contributed by atoms with Crippen LogP contribution in [0.15, 0.2) is 110 Å². The van der Waals surface area contributed by atoms with Crippen LogP contribution >= 0.6 is 0 Å². The third-order valence-electron chi connectivity index (χ3n) is 8.49. The van der Waals surface area contributed by atoms with Crippen molar-refractivity contribution in [1.82, 2.24) is 4.90 Å². The van der Waals surface area contributed by atoms with Gasteiger partial charge in [0.2, 0.25) is 6.29 Å². The van der Waals surface area contributed by atoms with E-state index in [0.717, 1.165) is 10.5 Å². The van der Waals surface area contributed by atoms with Crippen molar-refractivity contribution in [3.8, 4) is 17.2 Å². The van der Waals surface area contributed by atoms with E-state index in [2.05, 4.69) is 6.58 Å². The number of hydrogen-bond donors (Lipinski definition) is 1. The van der Waals surface area contributed by atoms with Gasteiger partial charge in [-0.2, -0.15) is 0 Å². The molecule has 264 valence electrons. The molecule has 5 atom stereocenters. The van der Waals surface area contributed by atoms with Crippen molar-refractivity contribution in [1.29, 1.82) is 0 Å². The summed E-state index contributed by atoms with van der Waals surface area (Å²) in [6, 6.07) is 25.6. The Labute approximate surface area is 293 Å². The molecule has 0 saturated carbocycles. The molecule has 2 aliphatic rings. The number of methoxy groups -OCH3 is 1. The van der Waals surface area contributed by atoms with Gasteiger partial charge in [-0.25, -0.2) is 0 Å². The Morgan fingerprint density at radius 2 is 1.57 bits per heavy atom. The highest BCUT2D eigenvalue weighted by Gasteiger charge is 2.55. The largest absolute Gasteiger partial charge is 0.497 e. The SMILES string of the molecule is C=CCOc1ccc(COC[C@H]2O[C@@H](Oc3ccc(OC)cc3)[C@H](N3C(=O)c4ccccc4C3=O)[C@@H](OCc3ccccc3)[C@@H]2O)cc1[N+](=O)[O-]. The molecule has 13 heteroatoms. The van der Waals surface area contributed by atoms with E-state index in [4.69, 9.17) is 28.4 Å². The van der Waals surface area contributed by atoms with E-state index in [9.17, 15) is 24.8 Å². The van der Waals surface area contributed by atoms with E-state index >= 15 is 0 Å². The Morgan fingerprint density at radius 3 is 2.22 bits per heavy atom. The van der Waals surface area contributed by atoms with Crippen molar-refractivity contribution in [2.45, 2.75) is 43.9 Å². The smallest absolute Gasteiger partial charge is 0.311 e. The topological polar surface area (TPSA) is 156 Å². The molecule has 2 amide bonds. The zero-order valence-corrected chi connectivity index (χ0v) is 27.7. The van der Waals surface area contributed by atoms with Crippen LogP contribution in [0.4, 0.5) is 5.69 Å². The van der Waals surface area contributed by atoms with Gasteiger partial charge >= 0.3 is 5.69 Å². The number of aliphatic hydroxyl groups is 1. The van der Waals surface area contributed by atoms with Crippen molar-refractivity contribution in [2.75, 3.05) is 20.3 Å². The van der Waals surface area contributed by atoms with Gasteiger partial charge < -0.3 is 33.5 Å². The van der Waals surface area contributed by atoms with Gasteiger partial charge in [0.15, 0.2) is 5.75 Å². The Kier molecular flexibility index (Phi) is 11.0. The first-order chi connectivity index (χ1) is 24.8. The molecule has 1 saturated heterocycles. The minimum atomic E-state index is -1.41. The molecule has 2 heterocycles. The summed E-state index contributed by atoms with van der Waals surface area (Å²) in [5, 5.41) is 23.5. The number of nitrogens with zero attached hydrogens (tertiary/aromatic N) is 2.